The molecule has 0 bridgehead atoms. The Balaban J connectivity index is 1.10. The number of thioether (sulfide) groups is 1. The van der Waals surface area contributed by atoms with Crippen molar-refractivity contribution in [3.05, 3.63) is 166 Å². The second kappa shape index (κ2) is 10.8. The average molecular weight is 666 g/mol. The number of aromatic nitrogens is 2. The highest BCUT2D eigenvalue weighted by atomic mass is 32.2. The van der Waals surface area contributed by atoms with Crippen LogP contribution in [0.4, 0.5) is 11.6 Å². The average Bonchev–Trinajstić information content (AvgIpc) is 3.84. The van der Waals surface area contributed by atoms with Crippen LogP contribution in [0.25, 0.3) is 38.2 Å². The number of nitrogens with zero attached hydrogens (tertiary/aromatic N) is 3. The van der Waals surface area contributed by atoms with Crippen molar-refractivity contribution in [2.24, 2.45) is 0 Å². The van der Waals surface area contributed by atoms with Gasteiger partial charge in [-0.15, -0.1) is 23.1 Å². The van der Waals surface area contributed by atoms with E-state index in [-0.39, 0.29) is 12.0 Å². The van der Waals surface area contributed by atoms with Crippen molar-refractivity contribution >= 4 is 72.9 Å². The first-order valence-electron chi connectivity index (χ1n) is 17.2. The molecule has 0 saturated heterocycles. The smallest absolute Gasteiger partial charge is 0.231 e. The van der Waals surface area contributed by atoms with E-state index < -0.39 is 0 Å². The predicted octanol–water partition coefficient (Wildman–Crippen LogP) is 11.5. The van der Waals surface area contributed by atoms with Crippen LogP contribution in [0.5, 0.6) is 0 Å². The van der Waals surface area contributed by atoms with Crippen LogP contribution in [0.1, 0.15) is 57.5 Å². The highest BCUT2D eigenvalue weighted by Crippen LogP contribution is 2.57. The molecule has 0 fully saturated rings. The fourth-order valence-electron chi connectivity index (χ4n) is 8.66. The van der Waals surface area contributed by atoms with Gasteiger partial charge in [-0.1, -0.05) is 109 Å². The molecule has 49 heavy (non-hydrogen) atoms. The lowest BCUT2D eigenvalue weighted by molar-refractivity contribution is 0.724. The van der Waals surface area contributed by atoms with Gasteiger partial charge in [-0.3, -0.25) is 0 Å². The minimum absolute atomic E-state index is 0.0816. The topological polar surface area (TPSA) is 29.0 Å². The second-order valence-electron chi connectivity index (χ2n) is 13.5. The van der Waals surface area contributed by atoms with E-state index in [0.29, 0.717) is 11.2 Å². The number of benzene rings is 4. The first-order chi connectivity index (χ1) is 24.3. The standard InChI is InChI=1S/C44H31N3S2/c1-2-11-26(12-3-1)41-33-15-4-7-18-35(33)45-44(46-41)47-36-23-21-27(28-16-10-17-31-29-13-5-8-19-38(29)48-42(28)31)25-34(36)40-37(47)24-22-32-30-14-6-9-20-39(30)49-43(32)40/h1-2,4-11,13-25,31,37,40,42H,3,12H2. The maximum Gasteiger partial charge on any atom is 0.231 e. The third kappa shape index (κ3) is 4.16. The van der Waals surface area contributed by atoms with Gasteiger partial charge in [-0.2, -0.15) is 0 Å². The highest BCUT2D eigenvalue weighted by Gasteiger charge is 2.45. The summed E-state index contributed by atoms with van der Waals surface area (Å²) in [7, 11) is 0. The fourth-order valence-corrected chi connectivity index (χ4v) is 11.5. The molecule has 3 nitrogen and oxygen atoms in total. The quantitative estimate of drug-likeness (QED) is 0.188. The summed E-state index contributed by atoms with van der Waals surface area (Å²) < 4.78 is 1.35. The van der Waals surface area contributed by atoms with Crippen molar-refractivity contribution in [1.29, 1.82) is 0 Å². The summed E-state index contributed by atoms with van der Waals surface area (Å²) in [4.78, 5) is 16.0. The number of hydrogen-bond donors (Lipinski definition) is 0. The van der Waals surface area contributed by atoms with Crippen molar-refractivity contribution in [3.63, 3.8) is 0 Å². The van der Waals surface area contributed by atoms with Gasteiger partial charge in [0.1, 0.15) is 0 Å². The zero-order chi connectivity index (χ0) is 32.1. The molecule has 11 rings (SSSR count). The summed E-state index contributed by atoms with van der Waals surface area (Å²) in [6.45, 7) is 0. The van der Waals surface area contributed by atoms with Gasteiger partial charge in [0.25, 0.3) is 0 Å². The van der Waals surface area contributed by atoms with Gasteiger partial charge < -0.3 is 4.90 Å². The zero-order valence-electron chi connectivity index (χ0n) is 26.7. The normalized spacial score (nSPS) is 22.8. The zero-order valence-corrected chi connectivity index (χ0v) is 28.3. The van der Waals surface area contributed by atoms with E-state index in [1.165, 1.54) is 58.9 Å². The first kappa shape index (κ1) is 27.9. The van der Waals surface area contributed by atoms with Crippen LogP contribution in [0.2, 0.25) is 0 Å². The highest BCUT2D eigenvalue weighted by molar-refractivity contribution is 8.00. The number of anilines is 2. The Morgan fingerprint density at radius 1 is 0.776 bits per heavy atom. The van der Waals surface area contributed by atoms with Gasteiger partial charge in [0.2, 0.25) is 5.95 Å². The summed E-state index contributed by atoms with van der Waals surface area (Å²) in [5, 5.41) is 2.84. The lowest BCUT2D eigenvalue weighted by Gasteiger charge is -2.29. The molecule has 0 spiro atoms. The molecule has 4 unspecified atom stereocenters. The van der Waals surface area contributed by atoms with Crippen LogP contribution in [0.3, 0.4) is 0 Å². The monoisotopic (exact) mass is 665 g/mol. The first-order valence-corrected chi connectivity index (χ1v) is 18.9. The predicted molar refractivity (Wildman–Crippen MR) is 207 cm³/mol. The molecule has 0 N–H and O–H groups in total. The third-order valence-corrected chi connectivity index (χ3v) is 13.6. The Bertz CT molecular complexity index is 2530. The molecule has 3 aliphatic carbocycles. The van der Waals surface area contributed by atoms with Gasteiger partial charge in [0.05, 0.1) is 17.3 Å². The Kier molecular flexibility index (Phi) is 6.14. The molecule has 234 valence electrons. The molecule has 0 saturated carbocycles. The van der Waals surface area contributed by atoms with E-state index in [0.717, 1.165) is 35.4 Å². The molecule has 4 atom stereocenters. The van der Waals surface area contributed by atoms with E-state index in [2.05, 4.69) is 145 Å². The largest absolute Gasteiger partial charge is 0.302 e. The molecular formula is C44H31N3S2. The Morgan fingerprint density at radius 3 is 2.59 bits per heavy atom. The van der Waals surface area contributed by atoms with Crippen LogP contribution in [-0.2, 0) is 0 Å². The Morgan fingerprint density at radius 2 is 1.65 bits per heavy atom. The molecule has 0 radical (unpaired) electrons. The lowest BCUT2D eigenvalue weighted by Crippen LogP contribution is -2.31. The molecule has 2 aromatic heterocycles. The Hall–Kier alpha value is -4.97. The van der Waals surface area contributed by atoms with E-state index in [9.17, 15) is 0 Å². The van der Waals surface area contributed by atoms with Gasteiger partial charge >= 0.3 is 0 Å². The van der Waals surface area contributed by atoms with Crippen molar-refractivity contribution < 1.29 is 0 Å². The molecule has 5 aliphatic rings. The third-order valence-electron chi connectivity index (χ3n) is 10.9. The molecular weight excluding hydrogens is 635 g/mol. The van der Waals surface area contributed by atoms with Crippen molar-refractivity contribution in [2.75, 3.05) is 4.90 Å². The molecule has 6 aromatic rings. The summed E-state index contributed by atoms with van der Waals surface area (Å²) >= 11 is 3.96. The van der Waals surface area contributed by atoms with Crippen molar-refractivity contribution in [1.82, 2.24) is 9.97 Å². The number of fused-ring (bicyclic) bond motifs is 11. The minimum Gasteiger partial charge on any atom is -0.302 e. The fraction of sp³-hybridized carbons (Fsp3) is 0.136. The summed E-state index contributed by atoms with van der Waals surface area (Å²) in [5.41, 5.74) is 11.4. The number of hydrogen-bond acceptors (Lipinski definition) is 5. The Labute approximate surface area is 293 Å². The van der Waals surface area contributed by atoms with E-state index in [4.69, 9.17) is 9.97 Å². The maximum absolute atomic E-state index is 5.43. The van der Waals surface area contributed by atoms with E-state index in [1.54, 1.807) is 0 Å². The minimum atomic E-state index is 0.0816. The van der Waals surface area contributed by atoms with Gasteiger partial charge in [-0.05, 0) is 82.0 Å². The van der Waals surface area contributed by atoms with Crippen LogP contribution < -0.4 is 4.90 Å². The number of allylic oxidation sites excluding steroid dienone is 7. The van der Waals surface area contributed by atoms with Gasteiger partial charge in [-0.25, -0.2) is 9.97 Å². The molecule has 5 heteroatoms. The van der Waals surface area contributed by atoms with Crippen molar-refractivity contribution in [2.45, 2.75) is 40.9 Å². The van der Waals surface area contributed by atoms with E-state index >= 15 is 0 Å². The molecule has 2 aliphatic heterocycles. The molecule has 0 amide bonds. The molecule has 4 aromatic carbocycles. The second-order valence-corrected chi connectivity index (χ2v) is 15.8. The maximum atomic E-state index is 5.43. The molecule has 4 heterocycles. The number of thiophene rings is 1. The summed E-state index contributed by atoms with van der Waals surface area (Å²) in [6, 6.07) is 33.6. The number of rotatable bonds is 3. The van der Waals surface area contributed by atoms with Crippen molar-refractivity contribution in [3.8, 4) is 0 Å². The van der Waals surface area contributed by atoms with Crippen LogP contribution in [0, 0.1) is 0 Å². The van der Waals surface area contributed by atoms with Crippen LogP contribution in [-0.4, -0.2) is 21.3 Å². The summed E-state index contributed by atoms with van der Waals surface area (Å²) in [5.74, 6) is 1.37. The van der Waals surface area contributed by atoms with Crippen LogP contribution in [0.15, 0.2) is 138 Å². The van der Waals surface area contributed by atoms with Gasteiger partial charge in [0.15, 0.2) is 0 Å². The van der Waals surface area contributed by atoms with Gasteiger partial charge in [0, 0.05) is 42.6 Å². The van der Waals surface area contributed by atoms with Crippen LogP contribution >= 0.6 is 23.1 Å². The number of para-hydroxylation sites is 1. The SMILES string of the molecule is C1=CCCC(c2nc(N3c4ccc(C5=CC=CC6c7ccccc7SC56)cc4C4c5sc6ccccc6c5C=CC43)nc3ccccc23)=C1. The summed E-state index contributed by atoms with van der Waals surface area (Å²) in [6.07, 6.45) is 20.5. The van der Waals surface area contributed by atoms with E-state index in [1.807, 2.05) is 23.1 Å². The lowest BCUT2D eigenvalue weighted by atomic mass is 9.82.